The van der Waals surface area contributed by atoms with Gasteiger partial charge >= 0.3 is 5.97 Å². The van der Waals surface area contributed by atoms with Crippen molar-refractivity contribution in [1.82, 2.24) is 0 Å². The van der Waals surface area contributed by atoms with Crippen LogP contribution < -0.4 is 9.47 Å². The second-order valence-electron chi connectivity index (χ2n) is 8.39. The summed E-state index contributed by atoms with van der Waals surface area (Å²) in [6, 6.07) is 6.07. The molecule has 1 aliphatic rings. The number of carbonyl (C=O) groups is 1. The Labute approximate surface area is 217 Å². The van der Waals surface area contributed by atoms with Gasteiger partial charge in [0.1, 0.15) is 23.8 Å². The second kappa shape index (κ2) is 16.9. The Kier molecular flexibility index (Phi) is 15.7. The highest BCUT2D eigenvalue weighted by atomic mass is 19.1. The smallest absolute Gasteiger partial charge is 0.303 e. The normalized spacial score (nSPS) is 12.4. The fourth-order valence-corrected chi connectivity index (χ4v) is 3.86. The molecule has 1 N–H and O–H groups in total. The van der Waals surface area contributed by atoms with Gasteiger partial charge in [0.15, 0.2) is 11.6 Å². The molecule has 0 spiro atoms. The summed E-state index contributed by atoms with van der Waals surface area (Å²) in [5, 5.41) is 8.95. The molecule has 0 saturated heterocycles. The van der Waals surface area contributed by atoms with Crippen molar-refractivity contribution in [3.8, 4) is 11.5 Å². The van der Waals surface area contributed by atoms with E-state index in [0.717, 1.165) is 18.4 Å². The summed E-state index contributed by atoms with van der Waals surface area (Å²) in [6.07, 6.45) is 3.02. The summed E-state index contributed by atoms with van der Waals surface area (Å²) in [6.45, 7) is 17.9. The van der Waals surface area contributed by atoms with Gasteiger partial charge in [0, 0.05) is 24.0 Å². The SMILES string of the molecule is CC.CC.CC.CCCCc1c(CCC(=O)O)ccc(OCc2cc(F)cc3c2OC(C)(C)C3)c1F. The van der Waals surface area contributed by atoms with Gasteiger partial charge in [0.05, 0.1) is 0 Å². The molecule has 204 valence electrons. The minimum Gasteiger partial charge on any atom is -0.487 e. The highest BCUT2D eigenvalue weighted by Crippen LogP contribution is 2.39. The van der Waals surface area contributed by atoms with E-state index in [2.05, 4.69) is 0 Å². The van der Waals surface area contributed by atoms with Gasteiger partial charge in [-0.05, 0) is 62.4 Å². The Balaban J connectivity index is 0.00000190. The van der Waals surface area contributed by atoms with E-state index in [9.17, 15) is 9.18 Å². The first-order chi connectivity index (χ1) is 17.2. The van der Waals surface area contributed by atoms with E-state index in [1.165, 1.54) is 18.2 Å². The Bertz CT molecular complexity index is 939. The molecule has 0 bridgehead atoms. The molecule has 0 radical (unpaired) electrons. The first kappa shape index (κ1) is 33.4. The fraction of sp³-hybridized carbons (Fsp3) is 0.567. The number of fused-ring (bicyclic) bond motifs is 1. The minimum atomic E-state index is -0.917. The van der Waals surface area contributed by atoms with Gasteiger partial charge in [-0.25, -0.2) is 8.78 Å². The zero-order chi connectivity index (χ0) is 27.9. The molecule has 0 atom stereocenters. The van der Waals surface area contributed by atoms with Crippen LogP contribution in [0.4, 0.5) is 8.78 Å². The van der Waals surface area contributed by atoms with E-state index in [1.54, 1.807) is 6.07 Å². The summed E-state index contributed by atoms with van der Waals surface area (Å²) in [7, 11) is 0. The molecule has 6 heteroatoms. The van der Waals surface area contributed by atoms with Crippen LogP contribution in [-0.2, 0) is 30.7 Å². The molecule has 4 nitrogen and oxygen atoms in total. The minimum absolute atomic E-state index is 0.0191. The van der Waals surface area contributed by atoms with Crippen molar-refractivity contribution in [3.63, 3.8) is 0 Å². The van der Waals surface area contributed by atoms with E-state index in [1.807, 2.05) is 62.3 Å². The lowest BCUT2D eigenvalue weighted by Gasteiger charge is -2.19. The van der Waals surface area contributed by atoms with Gasteiger partial charge in [-0.15, -0.1) is 0 Å². The largest absolute Gasteiger partial charge is 0.487 e. The second-order valence-corrected chi connectivity index (χ2v) is 8.39. The first-order valence-electron chi connectivity index (χ1n) is 13.4. The molecule has 2 aromatic rings. The lowest BCUT2D eigenvalue weighted by atomic mass is 9.97. The Morgan fingerprint density at radius 1 is 1.03 bits per heavy atom. The van der Waals surface area contributed by atoms with Crippen molar-refractivity contribution in [2.75, 3.05) is 0 Å². The topological polar surface area (TPSA) is 55.8 Å². The van der Waals surface area contributed by atoms with Crippen LogP contribution in [-0.4, -0.2) is 16.7 Å². The lowest BCUT2D eigenvalue weighted by Crippen LogP contribution is -2.25. The summed E-state index contributed by atoms with van der Waals surface area (Å²) < 4.78 is 40.9. The van der Waals surface area contributed by atoms with Crippen LogP contribution in [0.3, 0.4) is 0 Å². The van der Waals surface area contributed by atoms with E-state index in [4.69, 9.17) is 14.6 Å². The molecule has 0 amide bonds. The number of aryl methyl sites for hydroxylation is 1. The number of hydrogen-bond donors (Lipinski definition) is 1. The van der Waals surface area contributed by atoms with Crippen molar-refractivity contribution in [2.24, 2.45) is 0 Å². The average molecular weight is 509 g/mol. The predicted octanol–water partition coefficient (Wildman–Crippen LogP) is 8.70. The maximum atomic E-state index is 15.2. The molecule has 0 saturated carbocycles. The molecule has 0 aliphatic carbocycles. The molecule has 0 unspecified atom stereocenters. The quantitative estimate of drug-likeness (QED) is 0.368. The summed E-state index contributed by atoms with van der Waals surface area (Å²) >= 11 is 0. The molecular formula is C30H46F2O4. The Morgan fingerprint density at radius 3 is 2.25 bits per heavy atom. The maximum absolute atomic E-state index is 15.2. The molecule has 0 fully saturated rings. The van der Waals surface area contributed by atoms with E-state index < -0.39 is 17.4 Å². The molecule has 2 aromatic carbocycles. The Morgan fingerprint density at radius 2 is 1.67 bits per heavy atom. The van der Waals surface area contributed by atoms with Crippen LogP contribution >= 0.6 is 0 Å². The van der Waals surface area contributed by atoms with Crippen LogP contribution in [0.1, 0.15) is 104 Å². The highest BCUT2D eigenvalue weighted by molar-refractivity contribution is 5.67. The van der Waals surface area contributed by atoms with Gasteiger partial charge in [0.2, 0.25) is 0 Å². The number of carboxylic acids is 1. The predicted molar refractivity (Wildman–Crippen MR) is 144 cm³/mol. The zero-order valence-corrected chi connectivity index (χ0v) is 23.7. The number of aliphatic carboxylic acids is 1. The third kappa shape index (κ3) is 9.79. The lowest BCUT2D eigenvalue weighted by molar-refractivity contribution is -0.136. The number of rotatable bonds is 9. The molecular weight excluding hydrogens is 462 g/mol. The molecule has 0 aromatic heterocycles. The third-order valence-electron chi connectivity index (χ3n) is 5.28. The number of halogens is 2. The molecule has 1 aliphatic heterocycles. The molecule has 36 heavy (non-hydrogen) atoms. The molecule has 3 rings (SSSR count). The third-order valence-corrected chi connectivity index (χ3v) is 5.28. The van der Waals surface area contributed by atoms with Crippen molar-refractivity contribution in [2.45, 2.75) is 113 Å². The van der Waals surface area contributed by atoms with Crippen LogP contribution in [0.25, 0.3) is 0 Å². The van der Waals surface area contributed by atoms with Gasteiger partial charge in [-0.1, -0.05) is 61.0 Å². The summed E-state index contributed by atoms with van der Waals surface area (Å²) in [5.41, 5.74) is 2.09. The number of carboxylic acid groups (broad SMARTS) is 1. The fourth-order valence-electron chi connectivity index (χ4n) is 3.86. The van der Waals surface area contributed by atoms with Gasteiger partial charge < -0.3 is 14.6 Å². The highest BCUT2D eigenvalue weighted by Gasteiger charge is 2.32. The van der Waals surface area contributed by atoms with Crippen molar-refractivity contribution in [3.05, 3.63) is 58.2 Å². The maximum Gasteiger partial charge on any atom is 0.303 e. The zero-order valence-electron chi connectivity index (χ0n) is 23.7. The molecule has 1 heterocycles. The number of unbranched alkanes of at least 4 members (excludes halogenated alkanes) is 1. The number of hydrogen-bond acceptors (Lipinski definition) is 3. The Hall–Kier alpha value is -2.63. The number of benzene rings is 2. The van der Waals surface area contributed by atoms with Crippen LogP contribution in [0.15, 0.2) is 24.3 Å². The van der Waals surface area contributed by atoms with E-state index >= 15 is 4.39 Å². The van der Waals surface area contributed by atoms with Crippen molar-refractivity contribution >= 4 is 5.97 Å². The van der Waals surface area contributed by atoms with Crippen molar-refractivity contribution < 1.29 is 28.2 Å². The monoisotopic (exact) mass is 508 g/mol. The first-order valence-corrected chi connectivity index (χ1v) is 13.4. The van der Waals surface area contributed by atoms with Gasteiger partial charge in [-0.3, -0.25) is 4.79 Å². The van der Waals surface area contributed by atoms with Crippen LogP contribution in [0.2, 0.25) is 0 Å². The van der Waals surface area contributed by atoms with Gasteiger partial charge in [0.25, 0.3) is 0 Å². The van der Waals surface area contributed by atoms with Gasteiger partial charge in [-0.2, -0.15) is 0 Å². The summed E-state index contributed by atoms with van der Waals surface area (Å²) in [4.78, 5) is 10.9. The van der Waals surface area contributed by atoms with E-state index in [0.29, 0.717) is 35.3 Å². The van der Waals surface area contributed by atoms with Crippen LogP contribution in [0, 0.1) is 11.6 Å². The van der Waals surface area contributed by atoms with Crippen molar-refractivity contribution in [1.29, 1.82) is 0 Å². The van der Waals surface area contributed by atoms with E-state index in [-0.39, 0.29) is 31.0 Å². The average Bonchev–Trinajstić information content (AvgIpc) is 3.18. The standard InChI is InChI=1S/C24H28F2O4.3C2H6/c1-4-5-6-19-15(8-10-21(27)28)7-9-20(22(19)26)29-14-17-12-18(25)11-16-13-24(2,3)30-23(16)17;3*1-2/h7,9,11-12H,4-6,8,10,13-14H2,1-3H3,(H,27,28);3*1-2H3. The summed E-state index contributed by atoms with van der Waals surface area (Å²) in [5.74, 6) is -1.08. The van der Waals surface area contributed by atoms with Crippen LogP contribution in [0.5, 0.6) is 11.5 Å². The number of ether oxygens (including phenoxy) is 2.